The lowest BCUT2D eigenvalue weighted by Crippen LogP contribution is -2.16. The van der Waals surface area contributed by atoms with Crippen LogP contribution in [0.4, 0.5) is 15.9 Å². The maximum atomic E-state index is 13.7. The molecule has 0 saturated heterocycles. The Kier molecular flexibility index (Phi) is 4.98. The maximum absolute atomic E-state index is 13.7. The van der Waals surface area contributed by atoms with E-state index in [2.05, 4.69) is 20.6 Å². The minimum atomic E-state index is -0.610. The van der Waals surface area contributed by atoms with Crippen LogP contribution in [0.25, 0.3) is 0 Å². The minimum absolute atomic E-state index is 0.0699. The Morgan fingerprint density at radius 2 is 1.73 bits per heavy atom. The van der Waals surface area contributed by atoms with Gasteiger partial charge in [-0.2, -0.15) is 0 Å². The summed E-state index contributed by atoms with van der Waals surface area (Å²) in [5, 5.41) is 5.25. The molecule has 3 rings (SSSR count). The topological polar surface area (TPSA) is 84.0 Å². The summed E-state index contributed by atoms with van der Waals surface area (Å²) >= 11 is 0. The van der Waals surface area contributed by atoms with Crippen LogP contribution in [-0.4, -0.2) is 21.8 Å². The van der Waals surface area contributed by atoms with Gasteiger partial charge in [-0.1, -0.05) is 18.2 Å². The van der Waals surface area contributed by atoms with Crippen LogP contribution in [0.2, 0.25) is 0 Å². The minimum Gasteiger partial charge on any atom is -0.319 e. The largest absolute Gasteiger partial charge is 0.319 e. The third kappa shape index (κ3) is 3.89. The summed E-state index contributed by atoms with van der Waals surface area (Å²) < 4.78 is 13.7. The molecular weight excluding hydrogens is 335 g/mol. The number of aromatic nitrogens is 2. The number of anilines is 2. The predicted molar refractivity (Wildman–Crippen MR) is 95.5 cm³/mol. The van der Waals surface area contributed by atoms with Crippen molar-refractivity contribution in [1.82, 2.24) is 9.97 Å². The Morgan fingerprint density at radius 3 is 2.42 bits per heavy atom. The number of amides is 2. The molecule has 6 nitrogen and oxygen atoms in total. The second-order valence-electron chi connectivity index (χ2n) is 5.49. The van der Waals surface area contributed by atoms with Crippen molar-refractivity contribution in [2.75, 3.05) is 10.6 Å². The summed E-state index contributed by atoms with van der Waals surface area (Å²) in [6.07, 6.45) is 2.95. The first kappa shape index (κ1) is 17.2. The van der Waals surface area contributed by atoms with Gasteiger partial charge < -0.3 is 10.6 Å². The zero-order valence-electron chi connectivity index (χ0n) is 13.9. The number of pyridine rings is 2. The van der Waals surface area contributed by atoms with Crippen LogP contribution in [0.5, 0.6) is 0 Å². The smallest absolute Gasteiger partial charge is 0.274 e. The second-order valence-corrected chi connectivity index (χ2v) is 5.49. The third-order valence-electron chi connectivity index (χ3n) is 3.62. The van der Waals surface area contributed by atoms with Gasteiger partial charge in [0.2, 0.25) is 0 Å². The molecule has 2 amide bonds. The molecule has 0 saturated carbocycles. The van der Waals surface area contributed by atoms with E-state index in [0.717, 1.165) is 0 Å². The van der Waals surface area contributed by atoms with Gasteiger partial charge in [0.05, 0.1) is 17.4 Å². The summed E-state index contributed by atoms with van der Waals surface area (Å²) in [4.78, 5) is 32.3. The number of benzene rings is 1. The average Bonchev–Trinajstić information content (AvgIpc) is 2.65. The number of hydrogen-bond donors (Lipinski definition) is 2. The van der Waals surface area contributed by atoms with Crippen molar-refractivity contribution < 1.29 is 14.0 Å². The first-order valence-electron chi connectivity index (χ1n) is 7.79. The number of halogens is 1. The highest BCUT2D eigenvalue weighted by Gasteiger charge is 2.13. The highest BCUT2D eigenvalue weighted by atomic mass is 19.1. The van der Waals surface area contributed by atoms with Crippen LogP contribution in [0.1, 0.15) is 26.4 Å². The molecule has 0 bridgehead atoms. The first-order chi connectivity index (χ1) is 12.5. The van der Waals surface area contributed by atoms with Crippen molar-refractivity contribution in [3.05, 3.63) is 83.6 Å². The van der Waals surface area contributed by atoms with Crippen LogP contribution in [-0.2, 0) is 0 Å². The lowest BCUT2D eigenvalue weighted by atomic mass is 10.2. The molecule has 0 fully saturated rings. The fraction of sp³-hybridized carbons (Fsp3) is 0.0526. The van der Waals surface area contributed by atoms with E-state index in [4.69, 9.17) is 0 Å². The van der Waals surface area contributed by atoms with E-state index in [0.29, 0.717) is 11.3 Å². The summed E-state index contributed by atoms with van der Waals surface area (Å²) in [6, 6.07) is 12.3. The number of aryl methyl sites for hydroxylation is 1. The summed E-state index contributed by atoms with van der Waals surface area (Å²) in [5.74, 6) is -1.31. The van der Waals surface area contributed by atoms with Gasteiger partial charge in [-0.05, 0) is 42.8 Å². The van der Waals surface area contributed by atoms with Crippen molar-refractivity contribution in [2.24, 2.45) is 0 Å². The number of nitrogens with one attached hydrogen (secondary N) is 2. The lowest BCUT2D eigenvalue weighted by molar-refractivity contribution is 0.101. The van der Waals surface area contributed by atoms with Crippen molar-refractivity contribution in [2.45, 2.75) is 6.92 Å². The SMILES string of the molecule is Cc1cc(NC(=O)c2ccccc2F)ncc1NC(=O)c1ccccn1. The van der Waals surface area contributed by atoms with E-state index in [1.165, 1.54) is 30.6 Å². The molecule has 2 N–H and O–H groups in total. The average molecular weight is 350 g/mol. The second kappa shape index (κ2) is 7.52. The molecule has 7 heteroatoms. The van der Waals surface area contributed by atoms with Gasteiger partial charge in [-0.3, -0.25) is 14.6 Å². The number of carbonyl (C=O) groups excluding carboxylic acids is 2. The van der Waals surface area contributed by atoms with Crippen LogP contribution >= 0.6 is 0 Å². The number of hydrogen-bond acceptors (Lipinski definition) is 4. The molecule has 3 aromatic rings. The Bertz CT molecular complexity index is 961. The normalized spacial score (nSPS) is 10.2. The highest BCUT2D eigenvalue weighted by molar-refractivity contribution is 6.05. The quantitative estimate of drug-likeness (QED) is 0.755. The molecule has 2 aromatic heterocycles. The molecule has 0 aliphatic heterocycles. The summed E-state index contributed by atoms with van der Waals surface area (Å²) in [7, 11) is 0. The first-order valence-corrected chi connectivity index (χ1v) is 7.79. The zero-order chi connectivity index (χ0) is 18.5. The predicted octanol–water partition coefficient (Wildman–Crippen LogP) is 3.43. The monoisotopic (exact) mass is 350 g/mol. The highest BCUT2D eigenvalue weighted by Crippen LogP contribution is 2.18. The number of carbonyl (C=O) groups is 2. The van der Waals surface area contributed by atoms with Crippen molar-refractivity contribution >= 4 is 23.3 Å². The van der Waals surface area contributed by atoms with E-state index in [1.54, 1.807) is 37.3 Å². The summed E-state index contributed by atoms with van der Waals surface area (Å²) in [5.41, 5.74) is 1.39. The van der Waals surface area contributed by atoms with Gasteiger partial charge in [-0.25, -0.2) is 9.37 Å². The van der Waals surface area contributed by atoms with Crippen LogP contribution in [0, 0.1) is 12.7 Å². The molecule has 0 unspecified atom stereocenters. The van der Waals surface area contributed by atoms with Gasteiger partial charge in [0, 0.05) is 6.20 Å². The molecule has 0 spiro atoms. The van der Waals surface area contributed by atoms with Crippen LogP contribution < -0.4 is 10.6 Å². The molecule has 2 heterocycles. The molecule has 0 radical (unpaired) electrons. The Hall–Kier alpha value is -3.61. The molecule has 1 aromatic carbocycles. The lowest BCUT2D eigenvalue weighted by Gasteiger charge is -2.10. The van der Waals surface area contributed by atoms with Gasteiger partial charge in [0.1, 0.15) is 17.3 Å². The van der Waals surface area contributed by atoms with Crippen LogP contribution in [0.3, 0.4) is 0 Å². The van der Waals surface area contributed by atoms with Gasteiger partial charge in [0.25, 0.3) is 11.8 Å². The Labute approximate surface area is 149 Å². The zero-order valence-corrected chi connectivity index (χ0v) is 13.9. The van der Waals surface area contributed by atoms with Crippen molar-refractivity contribution in [3.63, 3.8) is 0 Å². The molecule has 26 heavy (non-hydrogen) atoms. The standard InChI is InChI=1S/C19H15FN4O2/c1-12-10-17(24-18(25)13-6-2-3-7-14(13)20)22-11-16(12)23-19(26)15-8-4-5-9-21-15/h2-11H,1H3,(H,23,26)(H,22,24,25). The molecule has 130 valence electrons. The van der Waals surface area contributed by atoms with E-state index < -0.39 is 11.7 Å². The number of nitrogens with zero attached hydrogens (tertiary/aromatic N) is 2. The van der Waals surface area contributed by atoms with E-state index in [1.807, 2.05) is 0 Å². The van der Waals surface area contributed by atoms with Crippen molar-refractivity contribution in [3.8, 4) is 0 Å². The third-order valence-corrected chi connectivity index (χ3v) is 3.62. The molecular formula is C19H15FN4O2. The van der Waals surface area contributed by atoms with Gasteiger partial charge in [0.15, 0.2) is 0 Å². The molecule has 0 atom stereocenters. The summed E-state index contributed by atoms with van der Waals surface area (Å²) in [6.45, 7) is 1.76. The number of rotatable bonds is 4. The Balaban J connectivity index is 1.72. The maximum Gasteiger partial charge on any atom is 0.274 e. The fourth-order valence-electron chi connectivity index (χ4n) is 2.27. The van der Waals surface area contributed by atoms with E-state index in [-0.39, 0.29) is 23.0 Å². The van der Waals surface area contributed by atoms with Gasteiger partial charge >= 0.3 is 0 Å². The fourth-order valence-corrected chi connectivity index (χ4v) is 2.27. The van der Waals surface area contributed by atoms with Gasteiger partial charge in [-0.15, -0.1) is 0 Å². The molecule has 0 aliphatic rings. The van der Waals surface area contributed by atoms with Crippen molar-refractivity contribution in [1.29, 1.82) is 0 Å². The van der Waals surface area contributed by atoms with Crippen LogP contribution in [0.15, 0.2) is 60.9 Å². The van der Waals surface area contributed by atoms with E-state index in [9.17, 15) is 14.0 Å². The van der Waals surface area contributed by atoms with E-state index >= 15 is 0 Å². The molecule has 0 aliphatic carbocycles. The Morgan fingerprint density at radius 1 is 0.962 bits per heavy atom.